The second kappa shape index (κ2) is 7.60. The monoisotopic (exact) mass is 229 g/mol. The van der Waals surface area contributed by atoms with Crippen LogP contribution in [-0.2, 0) is 9.53 Å². The average Bonchev–Trinajstić information content (AvgIpc) is 2.27. The SMILES string of the molecule is CCCNCC(=O)NCC1CN(C)CCO1. The van der Waals surface area contributed by atoms with Gasteiger partial charge in [-0.1, -0.05) is 6.92 Å². The summed E-state index contributed by atoms with van der Waals surface area (Å²) >= 11 is 0. The fraction of sp³-hybridized carbons (Fsp3) is 0.909. The fourth-order valence-corrected chi connectivity index (χ4v) is 1.66. The lowest BCUT2D eigenvalue weighted by molar-refractivity contribution is -0.121. The molecule has 1 amide bonds. The van der Waals surface area contributed by atoms with Gasteiger partial charge in [0, 0.05) is 19.6 Å². The number of carbonyl (C=O) groups excluding carboxylic acids is 1. The van der Waals surface area contributed by atoms with Gasteiger partial charge >= 0.3 is 0 Å². The zero-order valence-corrected chi connectivity index (χ0v) is 10.3. The number of rotatable bonds is 6. The first-order valence-electron chi connectivity index (χ1n) is 6.00. The largest absolute Gasteiger partial charge is 0.374 e. The van der Waals surface area contributed by atoms with Gasteiger partial charge in [0.2, 0.25) is 5.91 Å². The molecule has 94 valence electrons. The van der Waals surface area contributed by atoms with Crippen LogP contribution in [0.2, 0.25) is 0 Å². The number of hydrogen-bond donors (Lipinski definition) is 2. The topological polar surface area (TPSA) is 53.6 Å². The van der Waals surface area contributed by atoms with Crippen LogP contribution in [0.15, 0.2) is 0 Å². The minimum atomic E-state index is 0.0466. The lowest BCUT2D eigenvalue weighted by atomic mass is 10.3. The Kier molecular flexibility index (Phi) is 6.37. The fourth-order valence-electron chi connectivity index (χ4n) is 1.66. The third kappa shape index (κ3) is 5.44. The molecule has 1 aliphatic rings. The molecule has 1 saturated heterocycles. The second-order valence-corrected chi connectivity index (χ2v) is 4.24. The number of likely N-dealkylation sites (N-methyl/N-ethyl adjacent to an activating group) is 1. The minimum absolute atomic E-state index is 0.0466. The van der Waals surface area contributed by atoms with Gasteiger partial charge in [0.05, 0.1) is 19.3 Å². The summed E-state index contributed by atoms with van der Waals surface area (Å²) in [6.45, 7) is 6.59. The van der Waals surface area contributed by atoms with E-state index in [0.29, 0.717) is 13.1 Å². The van der Waals surface area contributed by atoms with Gasteiger partial charge < -0.3 is 20.3 Å². The van der Waals surface area contributed by atoms with E-state index in [0.717, 1.165) is 32.7 Å². The van der Waals surface area contributed by atoms with E-state index in [1.165, 1.54) is 0 Å². The molecule has 0 radical (unpaired) electrons. The van der Waals surface area contributed by atoms with E-state index >= 15 is 0 Å². The average molecular weight is 229 g/mol. The number of carbonyl (C=O) groups is 1. The maximum atomic E-state index is 11.4. The Bertz CT molecular complexity index is 211. The van der Waals surface area contributed by atoms with Crippen molar-refractivity contribution >= 4 is 5.91 Å². The summed E-state index contributed by atoms with van der Waals surface area (Å²) in [5.74, 6) is 0.0466. The van der Waals surface area contributed by atoms with Gasteiger partial charge in [-0.05, 0) is 20.0 Å². The maximum Gasteiger partial charge on any atom is 0.234 e. The summed E-state index contributed by atoms with van der Waals surface area (Å²) in [6.07, 6.45) is 1.18. The molecule has 1 unspecified atom stereocenters. The van der Waals surface area contributed by atoms with E-state index < -0.39 is 0 Å². The Hall–Kier alpha value is -0.650. The number of nitrogens with one attached hydrogen (secondary N) is 2. The van der Waals surface area contributed by atoms with Gasteiger partial charge in [-0.3, -0.25) is 4.79 Å². The molecule has 1 fully saturated rings. The summed E-state index contributed by atoms with van der Waals surface area (Å²) in [5.41, 5.74) is 0. The highest BCUT2D eigenvalue weighted by molar-refractivity contribution is 5.77. The highest BCUT2D eigenvalue weighted by atomic mass is 16.5. The molecule has 0 saturated carbocycles. The van der Waals surface area contributed by atoms with E-state index in [-0.39, 0.29) is 12.0 Å². The number of morpholine rings is 1. The quantitative estimate of drug-likeness (QED) is 0.599. The molecular weight excluding hydrogens is 206 g/mol. The molecule has 0 aliphatic carbocycles. The van der Waals surface area contributed by atoms with E-state index in [4.69, 9.17) is 4.74 Å². The Balaban J connectivity index is 2.06. The van der Waals surface area contributed by atoms with Gasteiger partial charge in [0.1, 0.15) is 0 Å². The summed E-state index contributed by atoms with van der Waals surface area (Å²) in [6, 6.07) is 0. The minimum Gasteiger partial charge on any atom is -0.374 e. The molecule has 1 aliphatic heterocycles. The van der Waals surface area contributed by atoms with E-state index in [1.54, 1.807) is 0 Å². The third-order valence-electron chi connectivity index (χ3n) is 2.58. The zero-order valence-electron chi connectivity index (χ0n) is 10.3. The molecule has 1 heterocycles. The number of ether oxygens (including phenoxy) is 1. The molecule has 2 N–H and O–H groups in total. The van der Waals surface area contributed by atoms with Crippen LogP contribution in [0.3, 0.4) is 0 Å². The van der Waals surface area contributed by atoms with E-state index in [9.17, 15) is 4.79 Å². The van der Waals surface area contributed by atoms with Crippen molar-refractivity contribution in [1.29, 1.82) is 0 Å². The molecule has 5 heteroatoms. The van der Waals surface area contributed by atoms with Gasteiger partial charge in [0.25, 0.3) is 0 Å². The Labute approximate surface area is 97.5 Å². The maximum absolute atomic E-state index is 11.4. The Morgan fingerprint density at radius 3 is 3.06 bits per heavy atom. The molecule has 16 heavy (non-hydrogen) atoms. The lowest BCUT2D eigenvalue weighted by Crippen LogP contribution is -2.47. The second-order valence-electron chi connectivity index (χ2n) is 4.24. The standard InChI is InChI=1S/C11H23N3O2/c1-3-4-12-8-11(15)13-7-10-9-14(2)5-6-16-10/h10,12H,3-9H2,1-2H3,(H,13,15). The highest BCUT2D eigenvalue weighted by Crippen LogP contribution is 2.01. The van der Waals surface area contributed by atoms with Gasteiger partial charge in [-0.25, -0.2) is 0 Å². The van der Waals surface area contributed by atoms with Crippen LogP contribution in [-0.4, -0.2) is 63.3 Å². The lowest BCUT2D eigenvalue weighted by Gasteiger charge is -2.30. The van der Waals surface area contributed by atoms with E-state index in [2.05, 4.69) is 29.5 Å². The molecule has 0 aromatic heterocycles. The molecule has 0 spiro atoms. The summed E-state index contributed by atoms with van der Waals surface area (Å²) in [7, 11) is 2.07. The van der Waals surface area contributed by atoms with E-state index in [1.807, 2.05) is 0 Å². The first kappa shape index (κ1) is 13.4. The van der Waals surface area contributed by atoms with Crippen LogP contribution >= 0.6 is 0 Å². The summed E-state index contributed by atoms with van der Waals surface area (Å²) in [4.78, 5) is 13.6. The molecule has 0 aromatic rings. The van der Waals surface area contributed by atoms with Crippen LogP contribution < -0.4 is 10.6 Å². The Morgan fingerprint density at radius 2 is 2.38 bits per heavy atom. The van der Waals surface area contributed by atoms with Crippen LogP contribution in [0.25, 0.3) is 0 Å². The molecule has 0 bridgehead atoms. The van der Waals surface area contributed by atoms with Crippen LogP contribution in [0.4, 0.5) is 0 Å². The summed E-state index contributed by atoms with van der Waals surface area (Å²) in [5, 5.41) is 5.95. The summed E-state index contributed by atoms with van der Waals surface area (Å²) < 4.78 is 5.55. The number of hydrogen-bond acceptors (Lipinski definition) is 4. The zero-order chi connectivity index (χ0) is 11.8. The normalized spacial score (nSPS) is 22.0. The predicted octanol–water partition coefficient (Wildman–Crippen LogP) is -0.567. The predicted molar refractivity (Wildman–Crippen MR) is 63.4 cm³/mol. The molecular formula is C11H23N3O2. The van der Waals surface area contributed by atoms with Crippen LogP contribution in [0, 0.1) is 0 Å². The molecule has 5 nitrogen and oxygen atoms in total. The molecule has 1 atom stereocenters. The highest BCUT2D eigenvalue weighted by Gasteiger charge is 2.17. The van der Waals surface area contributed by atoms with Crippen molar-refractivity contribution in [2.24, 2.45) is 0 Å². The van der Waals surface area contributed by atoms with Crippen molar-refractivity contribution in [1.82, 2.24) is 15.5 Å². The van der Waals surface area contributed by atoms with Gasteiger partial charge in [-0.15, -0.1) is 0 Å². The Morgan fingerprint density at radius 1 is 1.56 bits per heavy atom. The van der Waals surface area contributed by atoms with Crippen molar-refractivity contribution in [3.63, 3.8) is 0 Å². The van der Waals surface area contributed by atoms with Crippen molar-refractivity contribution < 1.29 is 9.53 Å². The number of amides is 1. The first-order valence-corrected chi connectivity index (χ1v) is 6.00. The van der Waals surface area contributed by atoms with Gasteiger partial charge in [0.15, 0.2) is 0 Å². The van der Waals surface area contributed by atoms with Crippen LogP contribution in [0.5, 0.6) is 0 Å². The number of nitrogens with zero attached hydrogens (tertiary/aromatic N) is 1. The van der Waals surface area contributed by atoms with Crippen molar-refractivity contribution in [3.05, 3.63) is 0 Å². The third-order valence-corrected chi connectivity index (χ3v) is 2.58. The van der Waals surface area contributed by atoms with Crippen LogP contribution in [0.1, 0.15) is 13.3 Å². The van der Waals surface area contributed by atoms with Gasteiger partial charge in [-0.2, -0.15) is 0 Å². The smallest absolute Gasteiger partial charge is 0.234 e. The van der Waals surface area contributed by atoms with Crippen molar-refractivity contribution in [2.75, 3.05) is 46.4 Å². The molecule has 1 rings (SSSR count). The van der Waals surface area contributed by atoms with Crippen molar-refractivity contribution in [2.45, 2.75) is 19.4 Å². The first-order chi connectivity index (χ1) is 7.72. The molecule has 0 aromatic carbocycles. The van der Waals surface area contributed by atoms with Crippen molar-refractivity contribution in [3.8, 4) is 0 Å².